The molecule has 1 aromatic carbocycles. The highest BCUT2D eigenvalue weighted by atomic mass is 16.5. The molecule has 0 spiro atoms. The largest absolute Gasteiger partial charge is 0.465 e. The average molecular weight is 605 g/mol. The number of hydrogen-bond donors (Lipinski definition) is 1. The van der Waals surface area contributed by atoms with E-state index in [4.69, 9.17) is 9.47 Å². The first kappa shape index (κ1) is 31.5. The maximum atomic E-state index is 14.6. The molecular formula is C38H52O6. The van der Waals surface area contributed by atoms with Crippen molar-refractivity contribution in [3.63, 3.8) is 0 Å². The number of methoxy groups -OCH3 is 1. The van der Waals surface area contributed by atoms with Gasteiger partial charge in [-0.05, 0) is 122 Å². The summed E-state index contributed by atoms with van der Waals surface area (Å²) in [7, 11) is 1.32. The molecule has 0 heterocycles. The number of para-hydroxylation sites is 1. The number of aliphatic hydroxyl groups excluding tert-OH is 1. The molecule has 44 heavy (non-hydrogen) atoms. The van der Waals surface area contributed by atoms with Crippen LogP contribution in [0.1, 0.15) is 117 Å². The van der Waals surface area contributed by atoms with Crippen molar-refractivity contribution >= 4 is 17.7 Å². The van der Waals surface area contributed by atoms with Gasteiger partial charge in [0, 0.05) is 5.92 Å². The van der Waals surface area contributed by atoms with Crippen molar-refractivity contribution in [1.29, 1.82) is 0 Å². The summed E-state index contributed by atoms with van der Waals surface area (Å²) >= 11 is 0. The Labute approximate surface area is 263 Å². The minimum Gasteiger partial charge on any atom is -0.465 e. The zero-order valence-electron chi connectivity index (χ0n) is 28.0. The monoisotopic (exact) mass is 604 g/mol. The zero-order valence-corrected chi connectivity index (χ0v) is 28.0. The van der Waals surface area contributed by atoms with Crippen LogP contribution in [-0.2, 0) is 14.3 Å². The van der Waals surface area contributed by atoms with E-state index in [9.17, 15) is 19.5 Å². The van der Waals surface area contributed by atoms with E-state index in [1.54, 1.807) is 24.3 Å². The zero-order chi connectivity index (χ0) is 32.1. The van der Waals surface area contributed by atoms with Crippen LogP contribution in [0.15, 0.2) is 35.9 Å². The first-order chi connectivity index (χ1) is 20.5. The lowest BCUT2D eigenvalue weighted by Crippen LogP contribution is -2.66. The van der Waals surface area contributed by atoms with E-state index in [-0.39, 0.29) is 68.1 Å². The molecule has 0 unspecified atom stereocenters. The van der Waals surface area contributed by atoms with Gasteiger partial charge in [0.1, 0.15) is 11.3 Å². The third-order valence-corrected chi connectivity index (χ3v) is 14.5. The normalized spacial score (nSPS) is 44.2. The third-order valence-electron chi connectivity index (χ3n) is 14.5. The summed E-state index contributed by atoms with van der Waals surface area (Å²) in [5.41, 5.74) is 0.0352. The van der Waals surface area contributed by atoms with Crippen molar-refractivity contribution in [3.8, 4) is 5.75 Å². The average Bonchev–Trinajstić information content (AvgIpc) is 2.97. The first-order valence-electron chi connectivity index (χ1n) is 16.8. The summed E-state index contributed by atoms with van der Waals surface area (Å²) in [5, 5.41) is 11.0. The molecule has 1 aromatic rings. The number of rotatable bonds is 3. The summed E-state index contributed by atoms with van der Waals surface area (Å²) in [5.74, 6) is -0.0648. The molecule has 0 amide bonds. The van der Waals surface area contributed by atoms with Crippen LogP contribution in [0.3, 0.4) is 0 Å². The van der Waals surface area contributed by atoms with E-state index in [0.717, 1.165) is 44.9 Å². The molecule has 6 nitrogen and oxygen atoms in total. The van der Waals surface area contributed by atoms with Gasteiger partial charge in [0.05, 0.1) is 18.6 Å². The van der Waals surface area contributed by atoms with Crippen molar-refractivity contribution in [2.24, 2.45) is 50.2 Å². The number of esters is 2. The maximum Gasteiger partial charge on any atom is 0.341 e. The molecule has 0 bridgehead atoms. The number of benzene rings is 1. The fraction of sp³-hybridized carbons (Fsp3) is 0.711. The number of ketones is 1. The van der Waals surface area contributed by atoms with Gasteiger partial charge >= 0.3 is 11.9 Å². The second-order valence-electron chi connectivity index (χ2n) is 17.0. The minimum atomic E-state index is -0.750. The van der Waals surface area contributed by atoms with Crippen molar-refractivity contribution in [3.05, 3.63) is 41.5 Å². The van der Waals surface area contributed by atoms with Crippen molar-refractivity contribution in [2.75, 3.05) is 7.11 Å². The molecule has 0 radical (unpaired) electrons. The summed E-state index contributed by atoms with van der Waals surface area (Å²) in [6, 6.07) is 6.73. The lowest BCUT2D eigenvalue weighted by atomic mass is 9.33. The van der Waals surface area contributed by atoms with Gasteiger partial charge in [-0.15, -0.1) is 0 Å². The molecule has 0 saturated heterocycles. The highest BCUT2D eigenvalue weighted by molar-refractivity contribution is 5.96. The minimum absolute atomic E-state index is 0.0105. The molecule has 5 aliphatic rings. The summed E-state index contributed by atoms with van der Waals surface area (Å²) in [6.07, 6.45) is 9.65. The Kier molecular flexibility index (Phi) is 7.17. The van der Waals surface area contributed by atoms with Crippen LogP contribution in [0.4, 0.5) is 0 Å². The summed E-state index contributed by atoms with van der Waals surface area (Å²) in [4.78, 5) is 40.9. The van der Waals surface area contributed by atoms with Crippen molar-refractivity contribution in [2.45, 2.75) is 112 Å². The lowest BCUT2D eigenvalue weighted by molar-refractivity contribution is -0.202. The highest BCUT2D eigenvalue weighted by Gasteiger charge is 2.70. The Balaban J connectivity index is 1.35. The van der Waals surface area contributed by atoms with Gasteiger partial charge in [0.2, 0.25) is 0 Å². The molecule has 0 aliphatic heterocycles. The number of aliphatic hydroxyl groups is 1. The van der Waals surface area contributed by atoms with Crippen LogP contribution in [0, 0.1) is 50.2 Å². The SMILES string of the molecule is COC(=O)c1ccccc1OC(=O)[C@@]1(C)CC[C@]2(C)CC[C@]3(C)C(=CC(=O)[C@@H]4[C@@]5(C)CC[C@H](O)C(C)(C)[C@@H]5CC[C@]43C)[C@@H]2C1. The number of carbonyl (C=O) groups is 3. The van der Waals surface area contributed by atoms with Gasteiger partial charge in [-0.2, -0.15) is 0 Å². The van der Waals surface area contributed by atoms with Gasteiger partial charge in [0.15, 0.2) is 5.78 Å². The van der Waals surface area contributed by atoms with Crippen molar-refractivity contribution < 1.29 is 29.0 Å². The van der Waals surface area contributed by atoms with Crippen molar-refractivity contribution in [1.82, 2.24) is 0 Å². The Bertz CT molecular complexity index is 1430. The topological polar surface area (TPSA) is 89.9 Å². The van der Waals surface area contributed by atoms with E-state index in [1.807, 2.05) is 13.0 Å². The lowest BCUT2D eigenvalue weighted by Gasteiger charge is -2.70. The molecule has 4 fully saturated rings. The number of carbonyl (C=O) groups excluding carboxylic acids is 3. The van der Waals surface area contributed by atoms with Gasteiger partial charge in [-0.1, -0.05) is 59.2 Å². The molecular weight excluding hydrogens is 552 g/mol. The van der Waals surface area contributed by atoms with E-state index < -0.39 is 11.4 Å². The Morgan fingerprint density at radius 2 is 1.57 bits per heavy atom. The molecule has 0 aromatic heterocycles. The van der Waals surface area contributed by atoms with Crippen LogP contribution in [0.25, 0.3) is 0 Å². The second kappa shape index (κ2) is 10.0. The van der Waals surface area contributed by atoms with Gasteiger partial charge in [-0.25, -0.2) is 4.79 Å². The molecule has 1 N–H and O–H groups in total. The number of ether oxygens (including phenoxy) is 2. The van der Waals surface area contributed by atoms with Crippen LogP contribution in [0.2, 0.25) is 0 Å². The maximum absolute atomic E-state index is 14.6. The van der Waals surface area contributed by atoms with Crippen LogP contribution >= 0.6 is 0 Å². The van der Waals surface area contributed by atoms with E-state index in [0.29, 0.717) is 18.8 Å². The Morgan fingerprint density at radius 3 is 2.27 bits per heavy atom. The summed E-state index contributed by atoms with van der Waals surface area (Å²) in [6.45, 7) is 15.9. The smallest absolute Gasteiger partial charge is 0.341 e. The predicted octanol–water partition coefficient (Wildman–Crippen LogP) is 7.72. The van der Waals surface area contributed by atoms with Crippen LogP contribution in [-0.4, -0.2) is 36.0 Å². The van der Waals surface area contributed by atoms with Crippen LogP contribution in [0.5, 0.6) is 5.75 Å². The van der Waals surface area contributed by atoms with Gasteiger partial charge in [-0.3, -0.25) is 9.59 Å². The molecule has 5 aliphatic carbocycles. The third kappa shape index (κ3) is 4.18. The van der Waals surface area contributed by atoms with Gasteiger partial charge in [0.25, 0.3) is 0 Å². The molecule has 6 heteroatoms. The van der Waals surface area contributed by atoms with E-state index in [1.165, 1.54) is 12.7 Å². The molecule has 4 saturated carbocycles. The molecule has 6 rings (SSSR count). The second-order valence-corrected chi connectivity index (χ2v) is 17.0. The fourth-order valence-electron chi connectivity index (χ4n) is 11.4. The Hall–Kier alpha value is -2.47. The summed E-state index contributed by atoms with van der Waals surface area (Å²) < 4.78 is 10.9. The highest BCUT2D eigenvalue weighted by Crippen LogP contribution is 2.75. The first-order valence-corrected chi connectivity index (χ1v) is 16.8. The Morgan fingerprint density at radius 1 is 0.886 bits per heavy atom. The number of hydrogen-bond acceptors (Lipinski definition) is 6. The fourth-order valence-corrected chi connectivity index (χ4v) is 11.4. The van der Waals surface area contributed by atoms with E-state index >= 15 is 0 Å². The van der Waals surface area contributed by atoms with E-state index in [2.05, 4.69) is 41.5 Å². The van der Waals surface area contributed by atoms with Crippen LogP contribution < -0.4 is 4.74 Å². The van der Waals surface area contributed by atoms with Gasteiger partial charge < -0.3 is 14.6 Å². The standard InChI is InChI=1S/C38H52O6/c1-33(2)28-13-16-38(7)30(36(28,5)15-14-29(33)40)26(39)21-24-25-22-35(4,18-17-34(25,3)19-20-37(24,38)6)32(42)44-27-12-10-9-11-23(27)31(41)43-8/h9-12,21,25,28-30,40H,13-20,22H2,1-8H3/t25-,28-,29-,30+,34+,35-,36-,37+,38+/m0/s1. The molecule has 240 valence electrons. The number of allylic oxidation sites excluding steroid dienone is 2. The quantitative estimate of drug-likeness (QED) is 0.281. The predicted molar refractivity (Wildman–Crippen MR) is 169 cm³/mol. The number of fused-ring (bicyclic) bond motifs is 7. The molecule has 9 atom stereocenters.